The van der Waals surface area contributed by atoms with Crippen LogP contribution in [0.25, 0.3) is 0 Å². The minimum atomic E-state index is -0.0120. The molecule has 0 saturated carbocycles. The van der Waals surface area contributed by atoms with Crippen molar-refractivity contribution < 1.29 is 9.47 Å². The zero-order valence-electron chi connectivity index (χ0n) is 8.31. The molecule has 0 bridgehead atoms. The first-order valence-electron chi connectivity index (χ1n) is 4.57. The van der Waals surface area contributed by atoms with Crippen LogP contribution >= 0.6 is 12.4 Å². The van der Waals surface area contributed by atoms with Crippen LogP contribution in [0.4, 0.5) is 0 Å². The van der Waals surface area contributed by atoms with Crippen LogP contribution in [0.3, 0.4) is 0 Å². The smallest absolute Gasteiger partial charge is 0.231 e. The third-order valence-electron chi connectivity index (χ3n) is 2.25. The van der Waals surface area contributed by atoms with E-state index in [1.54, 1.807) is 0 Å². The van der Waals surface area contributed by atoms with Crippen molar-refractivity contribution in [2.75, 3.05) is 6.79 Å². The summed E-state index contributed by atoms with van der Waals surface area (Å²) in [6, 6.07) is 5.76. The van der Waals surface area contributed by atoms with Crippen LogP contribution < -0.4 is 15.2 Å². The number of nitrogens with two attached hydrogens (primary N) is 1. The maximum atomic E-state index is 5.93. The fraction of sp³-hybridized carbons (Fsp3) is 0.273. The lowest BCUT2D eigenvalue weighted by Gasteiger charge is -2.09. The Kier molecular flexibility index (Phi) is 4.00. The Morgan fingerprint density at radius 3 is 2.87 bits per heavy atom. The van der Waals surface area contributed by atoms with Crippen LogP contribution in [0.5, 0.6) is 11.5 Å². The Bertz CT molecular complexity index is 354. The van der Waals surface area contributed by atoms with Crippen molar-refractivity contribution in [1.29, 1.82) is 0 Å². The monoisotopic (exact) mass is 227 g/mol. The van der Waals surface area contributed by atoms with Crippen molar-refractivity contribution in [3.8, 4) is 11.5 Å². The van der Waals surface area contributed by atoms with E-state index in [-0.39, 0.29) is 18.4 Å². The van der Waals surface area contributed by atoms with Crippen LogP contribution in [0.1, 0.15) is 18.0 Å². The van der Waals surface area contributed by atoms with Gasteiger partial charge in [0.1, 0.15) is 0 Å². The molecule has 0 aromatic heterocycles. The van der Waals surface area contributed by atoms with Crippen molar-refractivity contribution in [3.05, 3.63) is 36.4 Å². The topological polar surface area (TPSA) is 44.5 Å². The van der Waals surface area contributed by atoms with Gasteiger partial charge in [-0.1, -0.05) is 12.1 Å². The molecule has 0 fully saturated rings. The number of hydrogen-bond donors (Lipinski definition) is 1. The highest BCUT2D eigenvalue weighted by atomic mass is 35.5. The first-order chi connectivity index (χ1) is 6.81. The molecular formula is C11H14ClNO2. The van der Waals surface area contributed by atoms with Gasteiger partial charge in [-0.3, -0.25) is 0 Å². The largest absolute Gasteiger partial charge is 0.454 e. The predicted octanol–water partition coefficient (Wildman–Crippen LogP) is 2.41. The number of rotatable bonds is 3. The summed E-state index contributed by atoms with van der Waals surface area (Å²) < 4.78 is 10.5. The molecule has 3 nitrogen and oxygen atoms in total. The summed E-state index contributed by atoms with van der Waals surface area (Å²) in [5.41, 5.74) is 6.98. The molecule has 0 saturated heterocycles. The number of ether oxygens (including phenoxy) is 2. The van der Waals surface area contributed by atoms with Gasteiger partial charge in [-0.25, -0.2) is 0 Å². The van der Waals surface area contributed by atoms with Crippen LogP contribution in [0.2, 0.25) is 0 Å². The van der Waals surface area contributed by atoms with Gasteiger partial charge in [0.25, 0.3) is 0 Å². The van der Waals surface area contributed by atoms with Gasteiger partial charge in [0.15, 0.2) is 11.5 Å². The quantitative estimate of drug-likeness (QED) is 0.807. The highest BCUT2D eigenvalue weighted by molar-refractivity contribution is 5.85. The summed E-state index contributed by atoms with van der Waals surface area (Å²) >= 11 is 0. The maximum Gasteiger partial charge on any atom is 0.231 e. The molecule has 1 heterocycles. The van der Waals surface area contributed by atoms with Gasteiger partial charge in [-0.15, -0.1) is 19.0 Å². The molecule has 4 heteroatoms. The van der Waals surface area contributed by atoms with Gasteiger partial charge < -0.3 is 15.2 Å². The van der Waals surface area contributed by atoms with E-state index in [0.717, 1.165) is 23.5 Å². The van der Waals surface area contributed by atoms with E-state index in [0.29, 0.717) is 6.79 Å². The van der Waals surface area contributed by atoms with E-state index in [4.69, 9.17) is 15.2 Å². The van der Waals surface area contributed by atoms with Gasteiger partial charge in [-0.05, 0) is 24.1 Å². The Morgan fingerprint density at radius 2 is 2.13 bits per heavy atom. The molecule has 1 aliphatic heterocycles. The Morgan fingerprint density at radius 1 is 1.40 bits per heavy atom. The second-order valence-electron chi connectivity index (χ2n) is 3.24. The molecule has 1 aromatic carbocycles. The summed E-state index contributed by atoms with van der Waals surface area (Å²) in [6.45, 7) is 3.96. The summed E-state index contributed by atoms with van der Waals surface area (Å²) in [6.07, 6.45) is 2.58. The average Bonchev–Trinajstić information content (AvgIpc) is 2.64. The molecule has 0 spiro atoms. The molecule has 1 atom stereocenters. The van der Waals surface area contributed by atoms with E-state index in [9.17, 15) is 0 Å². The lowest BCUT2D eigenvalue weighted by Crippen LogP contribution is -2.08. The molecule has 82 valence electrons. The summed E-state index contributed by atoms with van der Waals surface area (Å²) in [5, 5.41) is 0. The molecule has 2 N–H and O–H groups in total. The van der Waals surface area contributed by atoms with E-state index < -0.39 is 0 Å². The molecule has 15 heavy (non-hydrogen) atoms. The second kappa shape index (κ2) is 5.05. The van der Waals surface area contributed by atoms with Gasteiger partial charge in [0, 0.05) is 6.04 Å². The molecule has 0 radical (unpaired) electrons. The van der Waals surface area contributed by atoms with E-state index in [1.807, 2.05) is 24.3 Å². The minimum absolute atomic E-state index is 0. The standard InChI is InChI=1S/C11H13NO2.ClH/c1-2-3-9(12)8-4-5-10-11(6-8)14-7-13-10;/h2,4-6,9H,1,3,7,12H2;1H/t9-;/m1./s1. The van der Waals surface area contributed by atoms with Crippen LogP contribution in [0, 0.1) is 0 Å². The highest BCUT2D eigenvalue weighted by Gasteiger charge is 2.15. The predicted molar refractivity (Wildman–Crippen MR) is 61.6 cm³/mol. The average molecular weight is 228 g/mol. The first kappa shape index (κ1) is 11.9. The minimum Gasteiger partial charge on any atom is -0.454 e. The summed E-state index contributed by atoms with van der Waals surface area (Å²) in [5.74, 6) is 1.57. The summed E-state index contributed by atoms with van der Waals surface area (Å²) in [7, 11) is 0. The number of fused-ring (bicyclic) bond motifs is 1. The fourth-order valence-corrected chi connectivity index (χ4v) is 1.46. The molecule has 0 unspecified atom stereocenters. The third-order valence-corrected chi connectivity index (χ3v) is 2.25. The Balaban J connectivity index is 0.00000112. The molecule has 2 rings (SSSR count). The van der Waals surface area contributed by atoms with E-state index >= 15 is 0 Å². The normalized spacial score (nSPS) is 14.2. The molecular weight excluding hydrogens is 214 g/mol. The van der Waals surface area contributed by atoms with Crippen molar-refractivity contribution in [1.82, 2.24) is 0 Å². The lowest BCUT2D eigenvalue weighted by atomic mass is 10.0. The van der Waals surface area contributed by atoms with Crippen LogP contribution in [-0.2, 0) is 0 Å². The maximum absolute atomic E-state index is 5.93. The van der Waals surface area contributed by atoms with E-state index in [1.165, 1.54) is 0 Å². The van der Waals surface area contributed by atoms with Crippen molar-refractivity contribution in [2.45, 2.75) is 12.5 Å². The lowest BCUT2D eigenvalue weighted by molar-refractivity contribution is 0.174. The zero-order chi connectivity index (χ0) is 9.97. The van der Waals surface area contributed by atoms with Crippen molar-refractivity contribution >= 4 is 12.4 Å². The van der Waals surface area contributed by atoms with Crippen LogP contribution in [-0.4, -0.2) is 6.79 Å². The van der Waals surface area contributed by atoms with E-state index in [2.05, 4.69) is 6.58 Å². The number of benzene rings is 1. The Hall–Kier alpha value is -1.19. The van der Waals surface area contributed by atoms with Crippen molar-refractivity contribution in [2.24, 2.45) is 5.73 Å². The van der Waals surface area contributed by atoms with Gasteiger partial charge in [0.2, 0.25) is 6.79 Å². The van der Waals surface area contributed by atoms with Gasteiger partial charge in [-0.2, -0.15) is 0 Å². The molecule has 0 amide bonds. The number of hydrogen-bond acceptors (Lipinski definition) is 3. The molecule has 0 aliphatic carbocycles. The molecule has 1 aliphatic rings. The first-order valence-corrected chi connectivity index (χ1v) is 4.57. The SMILES string of the molecule is C=CC[C@@H](N)c1ccc2c(c1)OCO2.Cl. The van der Waals surface area contributed by atoms with Gasteiger partial charge >= 0.3 is 0 Å². The fourth-order valence-electron chi connectivity index (χ4n) is 1.46. The van der Waals surface area contributed by atoms with Crippen LogP contribution in [0.15, 0.2) is 30.9 Å². The highest BCUT2D eigenvalue weighted by Crippen LogP contribution is 2.34. The van der Waals surface area contributed by atoms with Crippen molar-refractivity contribution in [3.63, 3.8) is 0 Å². The van der Waals surface area contributed by atoms with Gasteiger partial charge in [0.05, 0.1) is 0 Å². The summed E-state index contributed by atoms with van der Waals surface area (Å²) in [4.78, 5) is 0. The zero-order valence-corrected chi connectivity index (χ0v) is 9.13. The third kappa shape index (κ3) is 2.43. The second-order valence-corrected chi connectivity index (χ2v) is 3.24. The molecule has 1 aromatic rings. The Labute approximate surface area is 95.3 Å². The number of halogens is 1.